The van der Waals surface area contributed by atoms with Crippen molar-refractivity contribution in [1.82, 2.24) is 0 Å². The number of nitrogens with two attached hydrogens (primary N) is 1. The van der Waals surface area contributed by atoms with Gasteiger partial charge in [0.2, 0.25) is 15.6 Å². The first-order valence-electron chi connectivity index (χ1n) is 11.0. The second-order valence-electron chi connectivity index (χ2n) is 8.01. The first kappa shape index (κ1) is 24.5. The number of benzene rings is 3. The van der Waals surface area contributed by atoms with E-state index < -0.39 is 9.84 Å². The zero-order chi connectivity index (χ0) is 25.2. The summed E-state index contributed by atoms with van der Waals surface area (Å²) in [7, 11) is -2.54. The van der Waals surface area contributed by atoms with Crippen LogP contribution in [-0.4, -0.2) is 21.3 Å². The summed E-state index contributed by atoms with van der Waals surface area (Å²) in [5.74, 6) is 0.211. The van der Waals surface area contributed by atoms with E-state index in [0.717, 1.165) is 34.6 Å². The van der Waals surface area contributed by atoms with Gasteiger partial charge in [-0.1, -0.05) is 55.0 Å². The molecule has 180 valence electrons. The molecule has 0 spiro atoms. The topological polar surface area (TPSA) is 98.5 Å². The highest BCUT2D eigenvalue weighted by molar-refractivity contribution is 7.92. The molecule has 8 heteroatoms. The lowest BCUT2D eigenvalue weighted by molar-refractivity contribution is 0.104. The summed E-state index contributed by atoms with van der Waals surface area (Å²) in [5.41, 5.74) is 9.59. The van der Waals surface area contributed by atoms with Crippen LogP contribution in [-0.2, 0) is 16.3 Å². The maximum Gasteiger partial charge on any atom is 0.211 e. The van der Waals surface area contributed by atoms with Gasteiger partial charge in [-0.25, -0.2) is 8.42 Å². The quantitative estimate of drug-likeness (QED) is 0.284. The van der Waals surface area contributed by atoms with Gasteiger partial charge in [-0.15, -0.1) is 11.3 Å². The van der Waals surface area contributed by atoms with Gasteiger partial charge in [0.15, 0.2) is 0 Å². The summed E-state index contributed by atoms with van der Waals surface area (Å²) in [6.07, 6.45) is 0.750. The van der Waals surface area contributed by atoms with Crippen molar-refractivity contribution in [2.45, 2.75) is 30.1 Å². The summed E-state index contributed by atoms with van der Waals surface area (Å²) < 4.78 is 32.7. The third-order valence-corrected chi connectivity index (χ3v) is 8.81. The maximum atomic E-state index is 13.8. The number of methoxy groups -OCH3 is 1. The van der Waals surface area contributed by atoms with Gasteiger partial charge in [-0.3, -0.25) is 4.79 Å². The van der Waals surface area contributed by atoms with Crippen LogP contribution in [0.4, 0.5) is 16.4 Å². The molecule has 4 aromatic rings. The van der Waals surface area contributed by atoms with Gasteiger partial charge in [0.05, 0.1) is 17.7 Å². The van der Waals surface area contributed by atoms with Crippen LogP contribution in [0.5, 0.6) is 5.75 Å². The highest BCUT2D eigenvalue weighted by Gasteiger charge is 2.32. The molecule has 0 saturated carbocycles. The van der Waals surface area contributed by atoms with Gasteiger partial charge in [0.25, 0.3) is 0 Å². The average Bonchev–Trinajstić information content (AvgIpc) is 3.20. The molecule has 1 aromatic heterocycles. The second kappa shape index (κ2) is 9.93. The summed E-state index contributed by atoms with van der Waals surface area (Å²) in [4.78, 5) is 13.5. The first-order valence-corrected chi connectivity index (χ1v) is 13.3. The van der Waals surface area contributed by atoms with Crippen LogP contribution >= 0.6 is 11.3 Å². The molecule has 0 aliphatic heterocycles. The zero-order valence-electron chi connectivity index (χ0n) is 19.7. The number of hydrogen-bond acceptors (Lipinski definition) is 7. The predicted molar refractivity (Wildman–Crippen MR) is 141 cm³/mol. The van der Waals surface area contributed by atoms with Crippen molar-refractivity contribution in [2.24, 2.45) is 0 Å². The molecule has 3 N–H and O–H groups in total. The lowest BCUT2D eigenvalue weighted by Crippen LogP contribution is -2.08. The van der Waals surface area contributed by atoms with E-state index in [1.807, 2.05) is 50.2 Å². The SMILES string of the molecule is CCc1ccccc1Nc1sc(C(=O)c2ccc(C)cc2)c(N)c1S(=O)(=O)c1ccc(OC)cc1. The Morgan fingerprint density at radius 2 is 1.66 bits per heavy atom. The number of nitrogen functional groups attached to an aromatic ring is 1. The van der Waals surface area contributed by atoms with Crippen molar-refractivity contribution >= 4 is 43.3 Å². The van der Waals surface area contributed by atoms with Gasteiger partial charge in [0, 0.05) is 11.3 Å². The highest BCUT2D eigenvalue weighted by Crippen LogP contribution is 2.44. The lowest BCUT2D eigenvalue weighted by atomic mass is 10.1. The molecule has 3 aromatic carbocycles. The molecular formula is C27H26N2O4S2. The van der Waals surface area contributed by atoms with E-state index in [1.54, 1.807) is 24.3 Å². The highest BCUT2D eigenvalue weighted by atomic mass is 32.2. The first-order chi connectivity index (χ1) is 16.8. The third-order valence-electron chi connectivity index (χ3n) is 5.70. The van der Waals surface area contributed by atoms with Crippen LogP contribution in [0.3, 0.4) is 0 Å². The number of carbonyl (C=O) groups excluding carboxylic acids is 1. The largest absolute Gasteiger partial charge is 0.497 e. The minimum absolute atomic E-state index is 0.0592. The van der Waals surface area contributed by atoms with Crippen LogP contribution in [0.25, 0.3) is 0 Å². The van der Waals surface area contributed by atoms with Crippen LogP contribution < -0.4 is 15.8 Å². The Bertz CT molecular complexity index is 1470. The number of aryl methyl sites for hydroxylation is 2. The van der Waals surface area contributed by atoms with E-state index in [0.29, 0.717) is 16.3 Å². The minimum Gasteiger partial charge on any atom is -0.497 e. The number of carbonyl (C=O) groups is 1. The molecule has 0 fully saturated rings. The molecule has 35 heavy (non-hydrogen) atoms. The standard InChI is InChI=1S/C27H26N2O4S2/c1-4-18-7-5-6-8-22(18)29-27-26(35(31,32)21-15-13-20(33-3)14-16-21)23(28)25(34-27)24(30)19-11-9-17(2)10-12-19/h5-16,29H,4,28H2,1-3H3. The van der Waals surface area contributed by atoms with E-state index in [-0.39, 0.29) is 26.1 Å². The Labute approximate surface area is 209 Å². The van der Waals surface area contributed by atoms with Crippen LogP contribution in [0.15, 0.2) is 82.6 Å². The van der Waals surface area contributed by atoms with Gasteiger partial charge < -0.3 is 15.8 Å². The van der Waals surface area contributed by atoms with Crippen molar-refractivity contribution in [3.63, 3.8) is 0 Å². The van der Waals surface area contributed by atoms with Crippen molar-refractivity contribution < 1.29 is 17.9 Å². The number of anilines is 3. The monoisotopic (exact) mass is 506 g/mol. The molecule has 0 atom stereocenters. The van der Waals surface area contributed by atoms with E-state index in [9.17, 15) is 13.2 Å². The maximum absolute atomic E-state index is 13.8. The van der Waals surface area contributed by atoms with Crippen molar-refractivity contribution in [3.05, 3.63) is 94.4 Å². The molecular weight excluding hydrogens is 480 g/mol. The predicted octanol–water partition coefficient (Wildman–Crippen LogP) is 6.02. The summed E-state index contributed by atoms with van der Waals surface area (Å²) >= 11 is 1.05. The van der Waals surface area contributed by atoms with E-state index in [4.69, 9.17) is 10.5 Å². The van der Waals surface area contributed by atoms with Crippen molar-refractivity contribution in [1.29, 1.82) is 0 Å². The van der Waals surface area contributed by atoms with Gasteiger partial charge >= 0.3 is 0 Å². The summed E-state index contributed by atoms with van der Waals surface area (Å²) in [6.45, 7) is 3.95. The Morgan fingerprint density at radius 3 is 2.29 bits per heavy atom. The molecule has 1 heterocycles. The number of thiophene rings is 1. The Morgan fingerprint density at radius 1 is 1.00 bits per heavy atom. The van der Waals surface area contributed by atoms with E-state index >= 15 is 0 Å². The number of nitrogens with one attached hydrogen (secondary N) is 1. The Balaban J connectivity index is 1.88. The lowest BCUT2D eigenvalue weighted by Gasteiger charge is -2.12. The fourth-order valence-electron chi connectivity index (χ4n) is 3.73. The molecule has 0 bridgehead atoms. The number of sulfone groups is 1. The number of hydrogen-bond donors (Lipinski definition) is 2. The molecule has 0 aliphatic rings. The average molecular weight is 507 g/mol. The number of ether oxygens (including phenoxy) is 1. The number of ketones is 1. The van der Waals surface area contributed by atoms with Gasteiger partial charge in [-0.2, -0.15) is 0 Å². The van der Waals surface area contributed by atoms with Gasteiger partial charge in [-0.05, 0) is 49.2 Å². The fraction of sp³-hybridized carbons (Fsp3) is 0.148. The van der Waals surface area contributed by atoms with E-state index in [1.165, 1.54) is 19.2 Å². The van der Waals surface area contributed by atoms with Crippen LogP contribution in [0, 0.1) is 6.92 Å². The van der Waals surface area contributed by atoms with E-state index in [2.05, 4.69) is 5.32 Å². The molecule has 0 unspecified atom stereocenters. The van der Waals surface area contributed by atoms with Crippen molar-refractivity contribution in [2.75, 3.05) is 18.2 Å². The molecule has 0 amide bonds. The molecule has 0 saturated heterocycles. The Kier molecular flexibility index (Phi) is 6.95. The molecule has 6 nitrogen and oxygen atoms in total. The molecule has 4 rings (SSSR count). The molecule has 0 radical (unpaired) electrons. The van der Waals surface area contributed by atoms with Gasteiger partial charge in [0.1, 0.15) is 20.5 Å². The second-order valence-corrected chi connectivity index (χ2v) is 10.9. The van der Waals surface area contributed by atoms with Crippen molar-refractivity contribution in [3.8, 4) is 5.75 Å². The van der Waals surface area contributed by atoms with Crippen LogP contribution in [0.1, 0.15) is 33.3 Å². The summed E-state index contributed by atoms with van der Waals surface area (Å²) in [5, 5.41) is 3.55. The summed E-state index contributed by atoms with van der Waals surface area (Å²) in [6, 6.07) is 20.8. The molecule has 0 aliphatic carbocycles. The normalized spacial score (nSPS) is 11.3. The fourth-order valence-corrected chi connectivity index (χ4v) is 6.65. The third kappa shape index (κ3) is 4.80. The zero-order valence-corrected chi connectivity index (χ0v) is 21.3. The smallest absolute Gasteiger partial charge is 0.211 e. The van der Waals surface area contributed by atoms with Crippen LogP contribution in [0.2, 0.25) is 0 Å². The Hall–Kier alpha value is -3.62. The number of para-hydroxylation sites is 1. The minimum atomic E-state index is -4.05. The number of rotatable bonds is 8.